The third-order valence-electron chi connectivity index (χ3n) is 2.58. The predicted molar refractivity (Wildman–Crippen MR) is 81.2 cm³/mol. The van der Waals surface area contributed by atoms with Crippen molar-refractivity contribution in [3.8, 4) is 0 Å². The molecule has 0 unspecified atom stereocenters. The quantitative estimate of drug-likeness (QED) is 0.822. The maximum absolute atomic E-state index is 4.47. The molecule has 2 heterocycles. The van der Waals surface area contributed by atoms with Crippen LogP contribution >= 0.6 is 23.1 Å². The Labute approximate surface area is 122 Å². The van der Waals surface area contributed by atoms with Crippen LogP contribution in [0.4, 0.5) is 5.82 Å². The first kappa shape index (κ1) is 14.3. The topological polar surface area (TPSA) is 50.7 Å². The van der Waals surface area contributed by atoms with Crippen LogP contribution in [-0.4, -0.2) is 21.5 Å². The minimum Gasteiger partial charge on any atom is -0.370 e. The zero-order chi connectivity index (χ0) is 13.7. The molecule has 0 aliphatic rings. The lowest BCUT2D eigenvalue weighted by Crippen LogP contribution is -2.06. The maximum atomic E-state index is 4.47. The van der Waals surface area contributed by atoms with E-state index in [0.717, 1.165) is 40.3 Å². The van der Waals surface area contributed by atoms with Gasteiger partial charge in [0.1, 0.15) is 17.2 Å². The van der Waals surface area contributed by atoms with Gasteiger partial charge < -0.3 is 5.32 Å². The van der Waals surface area contributed by atoms with Crippen LogP contribution in [0.15, 0.2) is 21.1 Å². The van der Waals surface area contributed by atoms with E-state index in [4.69, 9.17) is 0 Å². The van der Waals surface area contributed by atoms with E-state index in [-0.39, 0.29) is 0 Å². The Morgan fingerprint density at radius 2 is 2.16 bits per heavy atom. The number of hydrogen-bond acceptors (Lipinski definition) is 6. The summed E-state index contributed by atoms with van der Waals surface area (Å²) in [6.45, 7) is 7.22. The van der Waals surface area contributed by atoms with Crippen molar-refractivity contribution < 1.29 is 0 Å². The Kier molecular flexibility index (Phi) is 5.15. The number of aromatic nitrogens is 3. The molecule has 0 saturated heterocycles. The Morgan fingerprint density at radius 1 is 1.32 bits per heavy atom. The first-order chi connectivity index (χ1) is 9.24. The molecule has 0 bridgehead atoms. The average Bonchev–Trinajstić information content (AvgIpc) is 2.82. The second-order valence-corrected chi connectivity index (χ2v) is 6.24. The van der Waals surface area contributed by atoms with E-state index < -0.39 is 0 Å². The first-order valence-corrected chi connectivity index (χ1v) is 8.12. The van der Waals surface area contributed by atoms with Gasteiger partial charge in [-0.1, -0.05) is 13.8 Å². The molecule has 1 N–H and O–H groups in total. The van der Waals surface area contributed by atoms with Gasteiger partial charge >= 0.3 is 0 Å². The molecule has 2 aromatic rings. The number of nitrogens with one attached hydrogen (secondary N) is 1. The van der Waals surface area contributed by atoms with E-state index in [1.54, 1.807) is 29.4 Å². The van der Waals surface area contributed by atoms with E-state index in [2.05, 4.69) is 39.5 Å². The second-order valence-electron chi connectivity index (χ2n) is 4.14. The second kappa shape index (κ2) is 6.86. The molecule has 0 aliphatic heterocycles. The molecule has 2 aromatic heterocycles. The highest BCUT2D eigenvalue weighted by molar-refractivity contribution is 8.01. The van der Waals surface area contributed by atoms with Crippen molar-refractivity contribution in [2.75, 3.05) is 11.9 Å². The van der Waals surface area contributed by atoms with Crippen LogP contribution < -0.4 is 5.32 Å². The molecular formula is C13H18N4S2. The van der Waals surface area contributed by atoms with Gasteiger partial charge in [0.15, 0.2) is 4.34 Å². The van der Waals surface area contributed by atoms with Crippen molar-refractivity contribution >= 4 is 28.9 Å². The molecule has 2 rings (SSSR count). The predicted octanol–water partition coefficient (Wildman–Crippen LogP) is 3.78. The largest absolute Gasteiger partial charge is 0.370 e. The Morgan fingerprint density at radius 3 is 2.79 bits per heavy atom. The highest BCUT2D eigenvalue weighted by Crippen LogP contribution is 2.33. The Hall–Kier alpha value is -1.14. The lowest BCUT2D eigenvalue weighted by molar-refractivity contribution is 0.910. The molecule has 0 amide bonds. The first-order valence-electron chi connectivity index (χ1n) is 6.42. The molecule has 102 valence electrons. The van der Waals surface area contributed by atoms with Crippen molar-refractivity contribution in [2.24, 2.45) is 0 Å². The van der Waals surface area contributed by atoms with Crippen molar-refractivity contribution in [1.29, 1.82) is 0 Å². The number of thiazole rings is 1. The molecular weight excluding hydrogens is 276 g/mol. The molecule has 0 saturated carbocycles. The van der Waals surface area contributed by atoms with Crippen LogP contribution in [-0.2, 0) is 6.42 Å². The fourth-order valence-electron chi connectivity index (χ4n) is 1.66. The third kappa shape index (κ3) is 3.67. The smallest absolute Gasteiger partial charge is 0.156 e. The van der Waals surface area contributed by atoms with Crippen LogP contribution in [0.25, 0.3) is 0 Å². The van der Waals surface area contributed by atoms with Crippen LogP contribution in [0, 0.1) is 6.92 Å². The van der Waals surface area contributed by atoms with Gasteiger partial charge in [-0.25, -0.2) is 15.0 Å². The van der Waals surface area contributed by atoms with Crippen molar-refractivity contribution in [1.82, 2.24) is 15.0 Å². The summed E-state index contributed by atoms with van der Waals surface area (Å²) < 4.78 is 1.03. The minimum atomic E-state index is 0.916. The Bertz CT molecular complexity index is 539. The molecule has 0 spiro atoms. The summed E-state index contributed by atoms with van der Waals surface area (Å²) in [6.07, 6.45) is 3.63. The van der Waals surface area contributed by atoms with Crippen molar-refractivity contribution in [2.45, 2.75) is 43.0 Å². The van der Waals surface area contributed by atoms with Gasteiger partial charge in [0.2, 0.25) is 0 Å². The summed E-state index contributed by atoms with van der Waals surface area (Å²) in [5, 5.41) is 6.43. The summed E-state index contributed by atoms with van der Waals surface area (Å²) >= 11 is 3.28. The summed E-state index contributed by atoms with van der Waals surface area (Å²) in [4.78, 5) is 13.2. The summed E-state index contributed by atoms with van der Waals surface area (Å²) in [6, 6.07) is 0. The molecule has 0 atom stereocenters. The Balaban J connectivity index is 2.24. The summed E-state index contributed by atoms with van der Waals surface area (Å²) in [5.74, 6) is 0.954. The fourth-order valence-corrected chi connectivity index (χ4v) is 3.57. The number of hydrogen-bond donors (Lipinski definition) is 1. The van der Waals surface area contributed by atoms with Gasteiger partial charge in [-0.2, -0.15) is 0 Å². The third-order valence-corrected chi connectivity index (χ3v) is 4.69. The highest BCUT2D eigenvalue weighted by Gasteiger charge is 2.12. The van der Waals surface area contributed by atoms with Crippen LogP contribution in [0.5, 0.6) is 0 Å². The number of anilines is 1. The van der Waals surface area contributed by atoms with E-state index in [9.17, 15) is 0 Å². The van der Waals surface area contributed by atoms with Gasteiger partial charge in [-0.05, 0) is 31.5 Å². The van der Waals surface area contributed by atoms with E-state index >= 15 is 0 Å². The number of aryl methyl sites for hydroxylation is 1. The standard InChI is InChI=1S/C13H18N4S2/c1-4-6-14-11-10(5-2)12(16-8-15-11)19-13-17-9(3)7-18-13/h7-8H,4-6H2,1-3H3,(H,14,15,16). The van der Waals surface area contributed by atoms with E-state index in [1.807, 2.05) is 6.92 Å². The van der Waals surface area contributed by atoms with Crippen LogP contribution in [0.3, 0.4) is 0 Å². The monoisotopic (exact) mass is 294 g/mol. The van der Waals surface area contributed by atoms with E-state index in [0.29, 0.717) is 0 Å². The molecule has 19 heavy (non-hydrogen) atoms. The van der Waals surface area contributed by atoms with Crippen molar-refractivity contribution in [3.63, 3.8) is 0 Å². The lowest BCUT2D eigenvalue weighted by atomic mass is 10.2. The lowest BCUT2D eigenvalue weighted by Gasteiger charge is -2.11. The van der Waals surface area contributed by atoms with Gasteiger partial charge in [-0.3, -0.25) is 0 Å². The number of nitrogens with zero attached hydrogens (tertiary/aromatic N) is 3. The molecule has 0 aromatic carbocycles. The van der Waals surface area contributed by atoms with Crippen LogP contribution in [0.2, 0.25) is 0 Å². The molecule has 4 nitrogen and oxygen atoms in total. The minimum absolute atomic E-state index is 0.916. The van der Waals surface area contributed by atoms with Gasteiger partial charge in [0.25, 0.3) is 0 Å². The maximum Gasteiger partial charge on any atom is 0.156 e. The molecule has 0 radical (unpaired) electrons. The van der Waals surface area contributed by atoms with Gasteiger partial charge in [-0.15, -0.1) is 11.3 Å². The molecule has 0 fully saturated rings. The zero-order valence-electron chi connectivity index (χ0n) is 11.4. The molecule has 0 aliphatic carbocycles. The summed E-state index contributed by atoms with van der Waals surface area (Å²) in [5.41, 5.74) is 2.23. The SMILES string of the molecule is CCCNc1ncnc(Sc2nc(C)cs2)c1CC. The molecule has 6 heteroatoms. The average molecular weight is 294 g/mol. The number of rotatable bonds is 6. The zero-order valence-corrected chi connectivity index (χ0v) is 13.1. The van der Waals surface area contributed by atoms with Crippen molar-refractivity contribution in [3.05, 3.63) is 23.0 Å². The van der Waals surface area contributed by atoms with Crippen LogP contribution in [0.1, 0.15) is 31.5 Å². The normalized spacial score (nSPS) is 10.7. The van der Waals surface area contributed by atoms with Gasteiger partial charge in [0, 0.05) is 23.2 Å². The van der Waals surface area contributed by atoms with Gasteiger partial charge in [0.05, 0.1) is 0 Å². The highest BCUT2D eigenvalue weighted by atomic mass is 32.2. The summed E-state index contributed by atoms with van der Waals surface area (Å²) in [7, 11) is 0. The fraction of sp³-hybridized carbons (Fsp3) is 0.462. The van der Waals surface area contributed by atoms with E-state index in [1.165, 1.54) is 5.56 Å².